The molecule has 0 aliphatic heterocycles. The van der Waals surface area contributed by atoms with Crippen LogP contribution in [0.3, 0.4) is 0 Å². The van der Waals surface area contributed by atoms with Gasteiger partial charge < -0.3 is 15.4 Å². The summed E-state index contributed by atoms with van der Waals surface area (Å²) in [5.41, 5.74) is 9.05. The quantitative estimate of drug-likeness (QED) is 0.432. The van der Waals surface area contributed by atoms with E-state index >= 15 is 0 Å². The molecule has 2 heterocycles. The average molecular weight is 341 g/mol. The Bertz CT molecular complexity index is 900. The van der Waals surface area contributed by atoms with Gasteiger partial charge in [0.15, 0.2) is 0 Å². The number of carbonyl (C=O) groups excluding carboxylic acids is 1. The van der Waals surface area contributed by atoms with Crippen molar-refractivity contribution in [2.75, 3.05) is 31.8 Å². The molecule has 0 amide bonds. The van der Waals surface area contributed by atoms with Gasteiger partial charge in [-0.25, -0.2) is 9.97 Å². The van der Waals surface area contributed by atoms with Gasteiger partial charge in [0.05, 0.1) is 13.5 Å². The molecular formula is C18H21N5O2. The average Bonchev–Trinajstić information content (AvgIpc) is 3.08. The number of fused-ring (bicyclic) bond motifs is 1. The van der Waals surface area contributed by atoms with Crippen molar-refractivity contribution < 1.29 is 9.53 Å². The summed E-state index contributed by atoms with van der Waals surface area (Å²) in [4.78, 5) is 22.9. The van der Waals surface area contributed by atoms with Crippen molar-refractivity contribution in [3.63, 3.8) is 0 Å². The van der Waals surface area contributed by atoms with Crippen LogP contribution in [-0.2, 0) is 22.4 Å². The van der Waals surface area contributed by atoms with Crippen molar-refractivity contribution in [2.45, 2.75) is 12.8 Å². The molecule has 0 bridgehead atoms. The topological polar surface area (TPSA) is 85.8 Å². The van der Waals surface area contributed by atoms with Crippen LogP contribution >= 0.6 is 0 Å². The van der Waals surface area contributed by atoms with E-state index in [4.69, 9.17) is 15.5 Å². The van der Waals surface area contributed by atoms with Gasteiger partial charge in [-0.3, -0.25) is 9.20 Å². The second kappa shape index (κ2) is 6.80. The standard InChI is InChI=1S/C18H21N5O2/c1-22(2)18-14(11-16(24)25-3)17-20-8-9-23(17)15(21-18)10-12-4-6-13(19)7-5-12/h4-9H,10-11,19H2,1-3H3/i1+1,2+1. The van der Waals surface area contributed by atoms with Gasteiger partial charge in [0.1, 0.15) is 17.3 Å². The zero-order valence-corrected chi connectivity index (χ0v) is 14.6. The van der Waals surface area contributed by atoms with Crippen LogP contribution in [0.1, 0.15) is 17.0 Å². The molecule has 0 aliphatic rings. The Morgan fingerprint density at radius 3 is 2.64 bits per heavy atom. The summed E-state index contributed by atoms with van der Waals surface area (Å²) in [7, 11) is 5.18. The molecule has 0 unspecified atom stereocenters. The molecule has 0 fully saturated rings. The van der Waals surface area contributed by atoms with Gasteiger partial charge in [-0.05, 0) is 17.7 Å². The van der Waals surface area contributed by atoms with Crippen molar-refractivity contribution in [3.05, 3.63) is 53.6 Å². The molecule has 7 nitrogen and oxygen atoms in total. The summed E-state index contributed by atoms with van der Waals surface area (Å²) in [6.45, 7) is 0. The van der Waals surface area contributed by atoms with E-state index in [9.17, 15) is 4.79 Å². The van der Waals surface area contributed by atoms with Crippen LogP contribution in [0, 0.1) is 0 Å². The highest BCUT2D eigenvalue weighted by atomic mass is 16.5. The second-order valence-corrected chi connectivity index (χ2v) is 6.02. The molecular weight excluding hydrogens is 320 g/mol. The number of hydrogen-bond donors (Lipinski definition) is 1. The van der Waals surface area contributed by atoms with Crippen molar-refractivity contribution >= 4 is 23.1 Å². The van der Waals surface area contributed by atoms with Gasteiger partial charge in [-0.15, -0.1) is 0 Å². The third-order valence-electron chi connectivity index (χ3n) is 4.01. The SMILES string of the molecule is COC(=O)Cc1c(N([13CH3])[13CH3])nc(Cc2ccc(N)cc2)n2ccnc12. The lowest BCUT2D eigenvalue weighted by Crippen LogP contribution is -2.19. The van der Waals surface area contributed by atoms with Gasteiger partial charge >= 0.3 is 5.97 Å². The molecule has 3 rings (SSSR count). The van der Waals surface area contributed by atoms with Crippen molar-refractivity contribution in [1.29, 1.82) is 0 Å². The predicted molar refractivity (Wildman–Crippen MR) is 96.7 cm³/mol. The van der Waals surface area contributed by atoms with Crippen molar-refractivity contribution in [3.8, 4) is 0 Å². The van der Waals surface area contributed by atoms with Crippen LogP contribution in [0.4, 0.5) is 11.5 Å². The Kier molecular flexibility index (Phi) is 4.56. The summed E-state index contributed by atoms with van der Waals surface area (Å²) in [5, 5.41) is 0. The van der Waals surface area contributed by atoms with Crippen LogP contribution in [0.25, 0.3) is 5.65 Å². The highest BCUT2D eigenvalue weighted by Gasteiger charge is 2.19. The fourth-order valence-electron chi connectivity index (χ4n) is 2.77. The monoisotopic (exact) mass is 341 g/mol. The van der Waals surface area contributed by atoms with E-state index in [-0.39, 0.29) is 12.4 Å². The third-order valence-corrected chi connectivity index (χ3v) is 4.01. The first-order valence-electron chi connectivity index (χ1n) is 7.93. The summed E-state index contributed by atoms with van der Waals surface area (Å²) in [5.74, 6) is 1.24. The maximum Gasteiger partial charge on any atom is 0.310 e. The molecule has 0 aliphatic carbocycles. The number of imidazole rings is 1. The molecule has 0 radical (unpaired) electrons. The first kappa shape index (κ1) is 16.8. The Labute approximate surface area is 146 Å². The number of methoxy groups -OCH3 is 1. The number of rotatable bonds is 5. The third kappa shape index (κ3) is 3.40. The van der Waals surface area contributed by atoms with Gasteiger partial charge in [0, 0.05) is 44.2 Å². The molecule has 2 aromatic heterocycles. The minimum Gasteiger partial charge on any atom is -0.469 e. The molecule has 0 spiro atoms. The smallest absolute Gasteiger partial charge is 0.310 e. The van der Waals surface area contributed by atoms with Gasteiger partial charge in [-0.2, -0.15) is 0 Å². The number of nitrogen functional groups attached to an aromatic ring is 1. The van der Waals surface area contributed by atoms with E-state index in [2.05, 4.69) is 4.98 Å². The fraction of sp³-hybridized carbons (Fsp3) is 0.278. The number of nitrogens with zero attached hydrogens (tertiary/aromatic N) is 4. The molecule has 3 aromatic rings. The molecule has 0 saturated carbocycles. The molecule has 25 heavy (non-hydrogen) atoms. The highest BCUT2D eigenvalue weighted by molar-refractivity contribution is 5.78. The fourth-order valence-corrected chi connectivity index (χ4v) is 2.77. The molecule has 1 aromatic carbocycles. The van der Waals surface area contributed by atoms with E-state index < -0.39 is 0 Å². The number of anilines is 2. The zero-order valence-electron chi connectivity index (χ0n) is 14.6. The van der Waals surface area contributed by atoms with E-state index in [1.165, 1.54) is 7.11 Å². The van der Waals surface area contributed by atoms with E-state index in [0.29, 0.717) is 6.42 Å². The lowest BCUT2D eigenvalue weighted by molar-refractivity contribution is -0.139. The van der Waals surface area contributed by atoms with Crippen LogP contribution in [0.2, 0.25) is 0 Å². The lowest BCUT2D eigenvalue weighted by Gasteiger charge is -2.19. The van der Waals surface area contributed by atoms with E-state index in [1.807, 2.05) is 53.9 Å². The maximum atomic E-state index is 11.8. The largest absolute Gasteiger partial charge is 0.469 e. The minimum atomic E-state index is -0.318. The second-order valence-electron chi connectivity index (χ2n) is 6.02. The highest BCUT2D eigenvalue weighted by Crippen LogP contribution is 2.24. The Hall–Kier alpha value is -3.09. The van der Waals surface area contributed by atoms with E-state index in [1.54, 1.807) is 6.20 Å². The van der Waals surface area contributed by atoms with Crippen molar-refractivity contribution in [1.82, 2.24) is 14.4 Å². The lowest BCUT2D eigenvalue weighted by atomic mass is 10.1. The van der Waals surface area contributed by atoms with Crippen LogP contribution in [0.15, 0.2) is 36.7 Å². The van der Waals surface area contributed by atoms with Crippen LogP contribution in [-0.4, -0.2) is 41.5 Å². The first-order chi connectivity index (χ1) is 12.0. The number of aromatic nitrogens is 3. The Morgan fingerprint density at radius 2 is 2.00 bits per heavy atom. The number of esters is 1. The Balaban J connectivity index is 2.10. The van der Waals surface area contributed by atoms with Gasteiger partial charge in [-0.1, -0.05) is 12.1 Å². The summed E-state index contributed by atoms with van der Waals surface area (Å²) in [6, 6.07) is 7.72. The molecule has 2 N–H and O–H groups in total. The minimum absolute atomic E-state index is 0.125. The van der Waals surface area contributed by atoms with Gasteiger partial charge in [0.2, 0.25) is 0 Å². The predicted octanol–water partition coefficient (Wildman–Crippen LogP) is 1.68. The molecule has 7 heteroatoms. The maximum absolute atomic E-state index is 11.8. The molecule has 0 saturated heterocycles. The summed E-state index contributed by atoms with van der Waals surface area (Å²) >= 11 is 0. The number of carbonyl (C=O) groups is 1. The normalized spacial score (nSPS) is 10.8. The molecule has 0 atom stereocenters. The zero-order chi connectivity index (χ0) is 18.0. The van der Waals surface area contributed by atoms with Gasteiger partial charge in [0.25, 0.3) is 0 Å². The van der Waals surface area contributed by atoms with Crippen LogP contribution < -0.4 is 10.6 Å². The van der Waals surface area contributed by atoms with Crippen LogP contribution in [0.5, 0.6) is 0 Å². The summed E-state index contributed by atoms with van der Waals surface area (Å²) in [6.07, 6.45) is 4.32. The van der Waals surface area contributed by atoms with Crippen molar-refractivity contribution in [2.24, 2.45) is 0 Å². The number of benzene rings is 1. The number of nitrogens with two attached hydrogens (primary N) is 1. The van der Waals surface area contributed by atoms with E-state index in [0.717, 1.165) is 34.1 Å². The number of hydrogen-bond acceptors (Lipinski definition) is 6. The Morgan fingerprint density at radius 1 is 1.28 bits per heavy atom. The first-order valence-corrected chi connectivity index (χ1v) is 7.93. The number of ether oxygens (including phenoxy) is 1. The summed E-state index contributed by atoms with van der Waals surface area (Å²) < 4.78 is 6.74. The molecule has 130 valence electrons.